The first-order valence-corrected chi connectivity index (χ1v) is 6.60. The predicted octanol–water partition coefficient (Wildman–Crippen LogP) is 1.42. The summed E-state index contributed by atoms with van der Waals surface area (Å²) in [5.41, 5.74) is -0.478. The molecule has 1 saturated carbocycles. The maximum atomic E-state index is 11.6. The van der Waals surface area contributed by atoms with Crippen molar-refractivity contribution in [2.24, 2.45) is 5.92 Å². The molecular weight excluding hydrogens is 234 g/mol. The molecule has 1 aliphatic rings. The highest BCUT2D eigenvalue weighted by molar-refractivity contribution is 5.68. The molecule has 3 N–H and O–H groups in total. The monoisotopic (exact) mass is 259 g/mol. The first kappa shape index (κ1) is 15.2. The highest BCUT2D eigenvalue weighted by Gasteiger charge is 2.27. The van der Waals surface area contributed by atoms with Gasteiger partial charge in [-0.1, -0.05) is 0 Å². The van der Waals surface area contributed by atoms with Crippen LogP contribution in [0.5, 0.6) is 0 Å². The molecule has 0 aromatic rings. The summed E-state index contributed by atoms with van der Waals surface area (Å²) < 4.78 is 5.20. The van der Waals surface area contributed by atoms with Crippen molar-refractivity contribution in [1.29, 1.82) is 0 Å². The fourth-order valence-electron chi connectivity index (χ4n) is 2.27. The lowest BCUT2D eigenvalue weighted by Crippen LogP contribution is -2.42. The number of aliphatic hydroxyl groups excluding tert-OH is 2. The molecule has 0 spiro atoms. The Kier molecular flexibility index (Phi) is 5.41. The summed E-state index contributed by atoms with van der Waals surface area (Å²) in [4.78, 5) is 11.6. The number of nitrogens with one attached hydrogen (secondary N) is 1. The fourth-order valence-corrected chi connectivity index (χ4v) is 2.27. The highest BCUT2D eigenvalue weighted by atomic mass is 16.6. The van der Waals surface area contributed by atoms with Crippen molar-refractivity contribution >= 4 is 6.09 Å². The number of amides is 1. The second-order valence-corrected chi connectivity index (χ2v) is 6.01. The van der Waals surface area contributed by atoms with E-state index in [0.29, 0.717) is 0 Å². The van der Waals surface area contributed by atoms with Crippen molar-refractivity contribution in [3.8, 4) is 0 Å². The van der Waals surface area contributed by atoms with E-state index in [1.807, 2.05) is 20.8 Å². The first-order chi connectivity index (χ1) is 8.31. The average Bonchev–Trinajstić information content (AvgIpc) is 2.26. The van der Waals surface area contributed by atoms with Gasteiger partial charge in [0.25, 0.3) is 0 Å². The maximum Gasteiger partial charge on any atom is 0.407 e. The molecule has 0 saturated heterocycles. The quantitative estimate of drug-likeness (QED) is 0.716. The van der Waals surface area contributed by atoms with Gasteiger partial charge >= 0.3 is 6.09 Å². The molecule has 0 aromatic carbocycles. The molecule has 0 aliphatic heterocycles. The molecule has 0 heterocycles. The SMILES string of the molecule is CC(C)(C)OC(=O)NC1CCC(C(O)CO)CC1. The molecule has 0 aromatic heterocycles. The van der Waals surface area contributed by atoms with E-state index in [9.17, 15) is 9.90 Å². The van der Waals surface area contributed by atoms with Gasteiger partial charge in [-0.05, 0) is 52.4 Å². The van der Waals surface area contributed by atoms with E-state index >= 15 is 0 Å². The second kappa shape index (κ2) is 6.38. The van der Waals surface area contributed by atoms with Crippen LogP contribution in [0.4, 0.5) is 4.79 Å². The van der Waals surface area contributed by atoms with Gasteiger partial charge in [-0.25, -0.2) is 4.79 Å². The summed E-state index contributed by atoms with van der Waals surface area (Å²) in [6.45, 7) is 5.32. The third-order valence-corrected chi connectivity index (χ3v) is 3.22. The zero-order valence-electron chi connectivity index (χ0n) is 11.5. The van der Waals surface area contributed by atoms with E-state index in [1.165, 1.54) is 0 Å². The van der Waals surface area contributed by atoms with E-state index < -0.39 is 11.7 Å². The van der Waals surface area contributed by atoms with Gasteiger partial charge in [0.2, 0.25) is 0 Å². The smallest absolute Gasteiger partial charge is 0.407 e. The molecule has 5 heteroatoms. The Morgan fingerprint density at radius 2 is 1.89 bits per heavy atom. The van der Waals surface area contributed by atoms with Crippen molar-refractivity contribution in [3.63, 3.8) is 0 Å². The number of hydrogen-bond donors (Lipinski definition) is 3. The molecule has 0 radical (unpaired) electrons. The minimum atomic E-state index is -0.632. The van der Waals surface area contributed by atoms with E-state index in [1.54, 1.807) is 0 Å². The Hall–Kier alpha value is -0.810. The second-order valence-electron chi connectivity index (χ2n) is 6.01. The van der Waals surface area contributed by atoms with E-state index in [4.69, 9.17) is 9.84 Å². The van der Waals surface area contributed by atoms with Crippen LogP contribution >= 0.6 is 0 Å². The minimum Gasteiger partial charge on any atom is -0.444 e. The summed E-state index contributed by atoms with van der Waals surface area (Å²) in [6.07, 6.45) is 2.27. The Bertz CT molecular complexity index is 267. The fraction of sp³-hybridized carbons (Fsp3) is 0.923. The van der Waals surface area contributed by atoms with Crippen LogP contribution in [0.25, 0.3) is 0 Å². The van der Waals surface area contributed by atoms with Crippen LogP contribution in [0.2, 0.25) is 0 Å². The highest BCUT2D eigenvalue weighted by Crippen LogP contribution is 2.27. The van der Waals surface area contributed by atoms with Gasteiger partial charge < -0.3 is 20.3 Å². The summed E-state index contributed by atoms with van der Waals surface area (Å²) in [6, 6.07) is 0.113. The third-order valence-electron chi connectivity index (χ3n) is 3.22. The van der Waals surface area contributed by atoms with Gasteiger partial charge in [0.05, 0.1) is 12.7 Å². The Labute approximate surface area is 109 Å². The normalized spacial score (nSPS) is 26.5. The number of rotatable bonds is 3. The molecule has 1 aliphatic carbocycles. The third kappa shape index (κ3) is 5.23. The standard InChI is InChI=1S/C13H25NO4/c1-13(2,3)18-12(17)14-10-6-4-9(5-7-10)11(16)8-15/h9-11,15-16H,4-8H2,1-3H3,(H,14,17). The van der Waals surface area contributed by atoms with Crippen LogP contribution in [0.3, 0.4) is 0 Å². The van der Waals surface area contributed by atoms with Crippen LogP contribution in [-0.2, 0) is 4.74 Å². The lowest BCUT2D eigenvalue weighted by Gasteiger charge is -2.31. The van der Waals surface area contributed by atoms with Crippen molar-refractivity contribution in [3.05, 3.63) is 0 Å². The van der Waals surface area contributed by atoms with Gasteiger partial charge in [0, 0.05) is 6.04 Å². The summed E-state index contributed by atoms with van der Waals surface area (Å²) in [5, 5.41) is 21.3. The van der Waals surface area contributed by atoms with Crippen molar-refractivity contribution < 1.29 is 19.7 Å². The van der Waals surface area contributed by atoms with Crippen LogP contribution in [-0.4, -0.2) is 40.7 Å². The largest absolute Gasteiger partial charge is 0.444 e. The molecule has 5 nitrogen and oxygen atoms in total. The number of aliphatic hydroxyl groups is 2. The van der Waals surface area contributed by atoms with Gasteiger partial charge in [-0.15, -0.1) is 0 Å². The van der Waals surface area contributed by atoms with Crippen LogP contribution in [0, 0.1) is 5.92 Å². The number of carbonyl (C=O) groups excluding carboxylic acids is 1. The van der Waals surface area contributed by atoms with Crippen LogP contribution < -0.4 is 5.32 Å². The Morgan fingerprint density at radius 3 is 2.33 bits per heavy atom. The van der Waals surface area contributed by atoms with Gasteiger partial charge in [0.15, 0.2) is 0 Å². The lowest BCUT2D eigenvalue weighted by molar-refractivity contribution is 0.0251. The molecule has 0 bridgehead atoms. The van der Waals surface area contributed by atoms with Crippen LogP contribution in [0.1, 0.15) is 46.5 Å². The molecule has 18 heavy (non-hydrogen) atoms. The average molecular weight is 259 g/mol. The van der Waals surface area contributed by atoms with E-state index in [0.717, 1.165) is 25.7 Å². The van der Waals surface area contributed by atoms with Crippen molar-refractivity contribution in [1.82, 2.24) is 5.32 Å². The Balaban J connectivity index is 2.29. The topological polar surface area (TPSA) is 78.8 Å². The summed E-state index contributed by atoms with van der Waals surface area (Å²) >= 11 is 0. The van der Waals surface area contributed by atoms with Gasteiger partial charge in [-0.2, -0.15) is 0 Å². The molecule has 1 unspecified atom stereocenters. The lowest BCUT2D eigenvalue weighted by atomic mass is 9.83. The number of alkyl carbamates (subject to hydrolysis) is 1. The van der Waals surface area contributed by atoms with E-state index in [-0.39, 0.29) is 24.7 Å². The molecule has 1 rings (SSSR count). The molecule has 1 fully saturated rings. The predicted molar refractivity (Wildman–Crippen MR) is 68.2 cm³/mol. The van der Waals surface area contributed by atoms with Crippen LogP contribution in [0.15, 0.2) is 0 Å². The first-order valence-electron chi connectivity index (χ1n) is 6.60. The molecule has 1 amide bonds. The number of ether oxygens (including phenoxy) is 1. The zero-order chi connectivity index (χ0) is 13.8. The number of carbonyl (C=O) groups is 1. The van der Waals surface area contributed by atoms with Gasteiger partial charge in [0.1, 0.15) is 5.60 Å². The molecule has 1 atom stereocenters. The zero-order valence-corrected chi connectivity index (χ0v) is 11.5. The van der Waals surface area contributed by atoms with E-state index in [2.05, 4.69) is 5.32 Å². The summed E-state index contributed by atoms with van der Waals surface area (Å²) in [5.74, 6) is 0.145. The Morgan fingerprint density at radius 1 is 1.33 bits per heavy atom. The maximum absolute atomic E-state index is 11.6. The van der Waals surface area contributed by atoms with Gasteiger partial charge in [-0.3, -0.25) is 0 Å². The van der Waals surface area contributed by atoms with Crippen molar-refractivity contribution in [2.75, 3.05) is 6.61 Å². The molecule has 106 valence electrons. The number of hydrogen-bond acceptors (Lipinski definition) is 4. The minimum absolute atomic E-state index is 0.113. The van der Waals surface area contributed by atoms with Crippen molar-refractivity contribution in [2.45, 2.75) is 64.2 Å². The molecular formula is C13H25NO4. The summed E-state index contributed by atoms with van der Waals surface area (Å²) in [7, 11) is 0.